The molecule has 2 amide bonds. The average Bonchev–Trinajstić information content (AvgIpc) is 3.12. The van der Waals surface area contributed by atoms with Crippen LogP contribution in [0, 0.1) is 0 Å². The molecule has 25 heavy (non-hydrogen) atoms. The minimum absolute atomic E-state index is 0. The summed E-state index contributed by atoms with van der Waals surface area (Å²) in [4.78, 5) is 28.7. The molecule has 0 bridgehead atoms. The van der Waals surface area contributed by atoms with Gasteiger partial charge >= 0.3 is 0 Å². The maximum Gasteiger partial charge on any atom is 0.253 e. The van der Waals surface area contributed by atoms with Crippen LogP contribution in [0.1, 0.15) is 30.1 Å². The van der Waals surface area contributed by atoms with Crippen molar-refractivity contribution < 1.29 is 9.59 Å². The Bertz CT molecular complexity index is 604. The van der Waals surface area contributed by atoms with E-state index in [1.54, 1.807) is 6.07 Å². The summed E-state index contributed by atoms with van der Waals surface area (Å²) < 4.78 is 0. The largest absolute Gasteiger partial charge is 0.337 e. The zero-order valence-corrected chi connectivity index (χ0v) is 15.5. The molecule has 0 spiro atoms. The Morgan fingerprint density at radius 1 is 1.24 bits per heavy atom. The van der Waals surface area contributed by atoms with Gasteiger partial charge in [-0.2, -0.15) is 0 Å². The van der Waals surface area contributed by atoms with Crippen LogP contribution in [0.3, 0.4) is 0 Å². The molecular weight excluding hydrogens is 340 g/mol. The number of anilines is 1. The van der Waals surface area contributed by atoms with Gasteiger partial charge in [0.1, 0.15) is 0 Å². The van der Waals surface area contributed by atoms with Crippen molar-refractivity contribution in [2.24, 2.45) is 0 Å². The highest BCUT2D eigenvalue weighted by atomic mass is 35.5. The molecule has 0 saturated carbocycles. The second-order valence-corrected chi connectivity index (χ2v) is 6.46. The third kappa shape index (κ3) is 4.93. The summed E-state index contributed by atoms with van der Waals surface area (Å²) in [5.41, 5.74) is 1.33. The number of carbonyl (C=O) groups excluding carboxylic acids is 2. The van der Waals surface area contributed by atoms with Gasteiger partial charge in [0.05, 0.1) is 0 Å². The van der Waals surface area contributed by atoms with Gasteiger partial charge in [0, 0.05) is 63.0 Å². The number of amides is 2. The maximum absolute atomic E-state index is 12.8. The van der Waals surface area contributed by atoms with Crippen LogP contribution in [0.4, 0.5) is 5.69 Å². The average molecular weight is 367 g/mol. The Labute approximate surface area is 155 Å². The summed E-state index contributed by atoms with van der Waals surface area (Å²) in [5.74, 6) is 0.0137. The van der Waals surface area contributed by atoms with Crippen LogP contribution in [0.25, 0.3) is 0 Å². The van der Waals surface area contributed by atoms with E-state index in [1.807, 2.05) is 30.0 Å². The molecule has 2 fully saturated rings. The minimum atomic E-state index is -0.0421. The Morgan fingerprint density at radius 2 is 2.00 bits per heavy atom. The van der Waals surface area contributed by atoms with E-state index in [2.05, 4.69) is 15.5 Å². The molecule has 2 saturated heterocycles. The highest BCUT2D eigenvalue weighted by Crippen LogP contribution is 2.20. The first-order valence-electron chi connectivity index (χ1n) is 8.81. The Kier molecular flexibility index (Phi) is 7.23. The molecule has 2 heterocycles. The third-order valence-electron chi connectivity index (χ3n) is 4.83. The number of halogens is 1. The van der Waals surface area contributed by atoms with Crippen molar-refractivity contribution in [2.75, 3.05) is 44.6 Å². The van der Waals surface area contributed by atoms with Gasteiger partial charge in [-0.1, -0.05) is 13.0 Å². The molecule has 1 unspecified atom stereocenters. The summed E-state index contributed by atoms with van der Waals surface area (Å²) in [6, 6.07) is 7.70. The maximum atomic E-state index is 12.8. The molecule has 7 heteroatoms. The molecule has 0 radical (unpaired) electrons. The summed E-state index contributed by atoms with van der Waals surface area (Å²) >= 11 is 0. The summed E-state index contributed by atoms with van der Waals surface area (Å²) in [7, 11) is 0. The predicted octanol–water partition coefficient (Wildman–Crippen LogP) is 1.58. The highest BCUT2D eigenvalue weighted by Gasteiger charge is 2.31. The van der Waals surface area contributed by atoms with Gasteiger partial charge in [0.15, 0.2) is 0 Å². The lowest BCUT2D eigenvalue weighted by molar-refractivity contribution is -0.115. The highest BCUT2D eigenvalue weighted by molar-refractivity contribution is 5.97. The van der Waals surface area contributed by atoms with Crippen molar-refractivity contribution in [3.63, 3.8) is 0 Å². The van der Waals surface area contributed by atoms with E-state index in [0.717, 1.165) is 45.7 Å². The van der Waals surface area contributed by atoms with Gasteiger partial charge in [-0.3, -0.25) is 14.5 Å². The van der Waals surface area contributed by atoms with Gasteiger partial charge in [0.25, 0.3) is 5.91 Å². The lowest BCUT2D eigenvalue weighted by atomic mass is 10.1. The summed E-state index contributed by atoms with van der Waals surface area (Å²) in [6.07, 6.45) is 1.47. The van der Waals surface area contributed by atoms with Crippen molar-refractivity contribution in [3.8, 4) is 0 Å². The van der Waals surface area contributed by atoms with Gasteiger partial charge in [-0.15, -0.1) is 12.4 Å². The van der Waals surface area contributed by atoms with Crippen molar-refractivity contribution in [1.82, 2.24) is 15.1 Å². The molecule has 2 N–H and O–H groups in total. The van der Waals surface area contributed by atoms with Crippen LogP contribution < -0.4 is 10.6 Å². The first kappa shape index (κ1) is 19.7. The molecule has 0 aliphatic carbocycles. The van der Waals surface area contributed by atoms with E-state index < -0.39 is 0 Å². The molecule has 2 aliphatic rings. The van der Waals surface area contributed by atoms with Crippen LogP contribution in [0.15, 0.2) is 24.3 Å². The Hall–Kier alpha value is -1.63. The van der Waals surface area contributed by atoms with E-state index in [1.165, 1.54) is 0 Å². The van der Waals surface area contributed by atoms with E-state index in [4.69, 9.17) is 0 Å². The standard InChI is InChI=1S/C18H26N4O2.ClH/c1-2-17(23)20-15-5-3-4-14(12-15)18(24)22-9-6-16(13-22)21-10-7-19-8-11-21;/h3-5,12,16,19H,2,6-11,13H2,1H3,(H,20,23);1H. The molecule has 1 aromatic rings. The first-order valence-corrected chi connectivity index (χ1v) is 8.81. The van der Waals surface area contributed by atoms with E-state index in [-0.39, 0.29) is 24.2 Å². The van der Waals surface area contributed by atoms with Crippen LogP contribution >= 0.6 is 12.4 Å². The number of hydrogen-bond acceptors (Lipinski definition) is 4. The number of nitrogens with zero attached hydrogens (tertiary/aromatic N) is 2. The number of carbonyl (C=O) groups is 2. The van der Waals surface area contributed by atoms with E-state index in [0.29, 0.717) is 23.7 Å². The normalized spacial score (nSPS) is 20.8. The summed E-state index contributed by atoms with van der Waals surface area (Å²) in [5, 5.41) is 6.18. The van der Waals surface area contributed by atoms with E-state index in [9.17, 15) is 9.59 Å². The van der Waals surface area contributed by atoms with Gasteiger partial charge in [-0.05, 0) is 24.6 Å². The van der Waals surface area contributed by atoms with Crippen molar-refractivity contribution in [3.05, 3.63) is 29.8 Å². The predicted molar refractivity (Wildman–Crippen MR) is 101 cm³/mol. The molecular formula is C18H27ClN4O2. The summed E-state index contributed by atoms with van der Waals surface area (Å²) in [6.45, 7) is 7.60. The number of hydrogen-bond donors (Lipinski definition) is 2. The lowest BCUT2D eigenvalue weighted by Crippen LogP contribution is -2.49. The molecule has 1 atom stereocenters. The number of rotatable bonds is 4. The topological polar surface area (TPSA) is 64.7 Å². The zero-order chi connectivity index (χ0) is 16.9. The number of nitrogens with one attached hydrogen (secondary N) is 2. The van der Waals surface area contributed by atoms with Crippen LogP contribution in [-0.2, 0) is 4.79 Å². The molecule has 138 valence electrons. The second kappa shape index (κ2) is 9.17. The fourth-order valence-electron chi connectivity index (χ4n) is 3.43. The lowest BCUT2D eigenvalue weighted by Gasteiger charge is -2.32. The van der Waals surface area contributed by atoms with Crippen molar-refractivity contribution >= 4 is 29.9 Å². The smallest absolute Gasteiger partial charge is 0.253 e. The van der Waals surface area contributed by atoms with Crippen molar-refractivity contribution in [1.29, 1.82) is 0 Å². The molecule has 1 aromatic carbocycles. The molecule has 0 aromatic heterocycles. The van der Waals surface area contributed by atoms with Crippen molar-refractivity contribution in [2.45, 2.75) is 25.8 Å². The Morgan fingerprint density at radius 3 is 2.72 bits per heavy atom. The fourth-order valence-corrected chi connectivity index (χ4v) is 3.43. The zero-order valence-electron chi connectivity index (χ0n) is 14.7. The molecule has 3 rings (SSSR count). The number of benzene rings is 1. The fraction of sp³-hybridized carbons (Fsp3) is 0.556. The van der Waals surface area contributed by atoms with Crippen LogP contribution in [0.2, 0.25) is 0 Å². The Balaban J connectivity index is 0.00000225. The molecule has 6 nitrogen and oxygen atoms in total. The minimum Gasteiger partial charge on any atom is -0.337 e. The second-order valence-electron chi connectivity index (χ2n) is 6.46. The van der Waals surface area contributed by atoms with Gasteiger partial charge in [-0.25, -0.2) is 0 Å². The third-order valence-corrected chi connectivity index (χ3v) is 4.83. The van der Waals surface area contributed by atoms with Gasteiger partial charge < -0.3 is 15.5 Å². The first-order chi connectivity index (χ1) is 11.7. The SMILES string of the molecule is CCC(=O)Nc1cccc(C(=O)N2CCC(N3CCNCC3)C2)c1.Cl. The number of likely N-dealkylation sites (tertiary alicyclic amines) is 1. The number of piperazine rings is 1. The van der Waals surface area contributed by atoms with E-state index >= 15 is 0 Å². The molecule has 2 aliphatic heterocycles. The van der Waals surface area contributed by atoms with Crippen LogP contribution in [-0.4, -0.2) is 66.9 Å². The van der Waals surface area contributed by atoms with Gasteiger partial charge in [0.2, 0.25) is 5.91 Å². The monoisotopic (exact) mass is 366 g/mol. The quantitative estimate of drug-likeness (QED) is 0.849. The van der Waals surface area contributed by atoms with Crippen LogP contribution in [0.5, 0.6) is 0 Å².